The highest BCUT2D eigenvalue weighted by Gasteiger charge is 2.31. The molecular weight excluding hydrogens is 366 g/mol. The second kappa shape index (κ2) is 8.76. The number of hydrogen-bond donors (Lipinski definition) is 0. The predicted molar refractivity (Wildman–Crippen MR) is 116 cm³/mol. The Labute approximate surface area is 172 Å². The molecule has 1 unspecified atom stereocenters. The zero-order valence-corrected chi connectivity index (χ0v) is 17.9. The highest BCUT2D eigenvalue weighted by atomic mass is 32.1. The lowest BCUT2D eigenvalue weighted by Crippen LogP contribution is -2.51. The number of nitrogens with zero attached hydrogens (tertiary/aromatic N) is 3. The van der Waals surface area contributed by atoms with Crippen LogP contribution in [0.4, 0.5) is 0 Å². The summed E-state index contributed by atoms with van der Waals surface area (Å²) in [4.78, 5) is 21.5. The van der Waals surface area contributed by atoms with E-state index in [0.717, 1.165) is 52.1 Å². The number of hydrogen-bond acceptors (Lipinski definition) is 4. The standard InChI is InChI=1S/C23H31N3OS/c1-3-21-20-9-15-28-22(20)8-10-26(21)23(27)17-25-13-11-24(12-14-25)16-19-7-5-4-6-18(19)2/h4-7,9,15,21H,3,8,10-14,16-17H2,1-2H3. The Morgan fingerprint density at radius 3 is 2.57 bits per heavy atom. The van der Waals surface area contributed by atoms with Crippen LogP contribution in [0.2, 0.25) is 0 Å². The minimum Gasteiger partial charge on any atom is -0.334 e. The number of aryl methyl sites for hydroxylation is 1. The molecule has 0 aliphatic carbocycles. The van der Waals surface area contributed by atoms with E-state index in [-0.39, 0.29) is 6.04 Å². The summed E-state index contributed by atoms with van der Waals surface area (Å²) in [5, 5.41) is 2.18. The van der Waals surface area contributed by atoms with Crippen molar-refractivity contribution in [3.8, 4) is 0 Å². The fourth-order valence-corrected chi connectivity index (χ4v) is 5.48. The van der Waals surface area contributed by atoms with Crippen molar-refractivity contribution in [3.05, 3.63) is 57.3 Å². The van der Waals surface area contributed by atoms with E-state index in [1.807, 2.05) is 11.3 Å². The molecule has 1 aromatic carbocycles. The Morgan fingerprint density at radius 2 is 1.82 bits per heavy atom. The number of benzene rings is 1. The molecule has 0 spiro atoms. The Hall–Kier alpha value is -1.69. The molecule has 0 saturated carbocycles. The van der Waals surface area contributed by atoms with Crippen molar-refractivity contribution in [2.24, 2.45) is 0 Å². The van der Waals surface area contributed by atoms with E-state index in [4.69, 9.17) is 0 Å². The number of piperazine rings is 1. The molecule has 3 heterocycles. The van der Waals surface area contributed by atoms with E-state index in [0.29, 0.717) is 12.5 Å². The summed E-state index contributed by atoms with van der Waals surface area (Å²) in [6, 6.07) is 11.1. The monoisotopic (exact) mass is 397 g/mol. The third-order valence-electron chi connectivity index (χ3n) is 6.28. The molecule has 1 atom stereocenters. The largest absolute Gasteiger partial charge is 0.334 e. The summed E-state index contributed by atoms with van der Waals surface area (Å²) in [5.74, 6) is 0.302. The predicted octanol–water partition coefficient (Wildman–Crippen LogP) is 3.71. The maximum Gasteiger partial charge on any atom is 0.237 e. The van der Waals surface area contributed by atoms with Gasteiger partial charge in [0.1, 0.15) is 0 Å². The van der Waals surface area contributed by atoms with Crippen molar-refractivity contribution < 1.29 is 4.79 Å². The number of amides is 1. The molecule has 1 amide bonds. The van der Waals surface area contributed by atoms with E-state index in [1.165, 1.54) is 21.6 Å². The minimum absolute atomic E-state index is 0.268. The molecule has 5 heteroatoms. The Morgan fingerprint density at radius 1 is 1.07 bits per heavy atom. The van der Waals surface area contributed by atoms with Crippen LogP contribution in [0.1, 0.15) is 41.0 Å². The van der Waals surface area contributed by atoms with Crippen LogP contribution in [0.5, 0.6) is 0 Å². The second-order valence-corrected chi connectivity index (χ2v) is 9.04. The van der Waals surface area contributed by atoms with Gasteiger partial charge in [-0.1, -0.05) is 31.2 Å². The van der Waals surface area contributed by atoms with E-state index < -0.39 is 0 Å². The van der Waals surface area contributed by atoms with Crippen molar-refractivity contribution in [1.82, 2.24) is 14.7 Å². The number of carbonyl (C=O) groups excluding carboxylic acids is 1. The van der Waals surface area contributed by atoms with Gasteiger partial charge in [0, 0.05) is 44.1 Å². The maximum absolute atomic E-state index is 13.1. The van der Waals surface area contributed by atoms with Gasteiger partial charge >= 0.3 is 0 Å². The van der Waals surface area contributed by atoms with Gasteiger partial charge in [-0.2, -0.15) is 0 Å². The van der Waals surface area contributed by atoms with Gasteiger partial charge in [0.15, 0.2) is 0 Å². The van der Waals surface area contributed by atoms with Crippen molar-refractivity contribution in [1.29, 1.82) is 0 Å². The van der Waals surface area contributed by atoms with Gasteiger partial charge in [0.25, 0.3) is 0 Å². The van der Waals surface area contributed by atoms with Gasteiger partial charge in [-0.3, -0.25) is 14.6 Å². The topological polar surface area (TPSA) is 26.8 Å². The maximum atomic E-state index is 13.1. The lowest BCUT2D eigenvalue weighted by molar-refractivity contribution is -0.135. The zero-order valence-electron chi connectivity index (χ0n) is 17.1. The van der Waals surface area contributed by atoms with Crippen LogP contribution in [0.15, 0.2) is 35.7 Å². The van der Waals surface area contributed by atoms with Crippen LogP contribution in [-0.4, -0.2) is 59.9 Å². The first kappa shape index (κ1) is 19.6. The van der Waals surface area contributed by atoms with Crippen LogP contribution in [-0.2, 0) is 17.8 Å². The number of carbonyl (C=O) groups is 1. The summed E-state index contributed by atoms with van der Waals surface area (Å²) >= 11 is 1.84. The summed E-state index contributed by atoms with van der Waals surface area (Å²) < 4.78 is 0. The average molecular weight is 398 g/mol. The molecule has 150 valence electrons. The summed E-state index contributed by atoms with van der Waals surface area (Å²) in [7, 11) is 0. The lowest BCUT2D eigenvalue weighted by Gasteiger charge is -2.39. The smallest absolute Gasteiger partial charge is 0.237 e. The molecule has 28 heavy (non-hydrogen) atoms. The number of fused-ring (bicyclic) bond motifs is 1. The van der Waals surface area contributed by atoms with Gasteiger partial charge in [0.05, 0.1) is 12.6 Å². The van der Waals surface area contributed by atoms with E-state index in [1.54, 1.807) is 0 Å². The quantitative estimate of drug-likeness (QED) is 0.770. The second-order valence-electron chi connectivity index (χ2n) is 8.04. The first-order valence-corrected chi connectivity index (χ1v) is 11.4. The normalized spacial score (nSPS) is 20.9. The van der Waals surface area contributed by atoms with Crippen LogP contribution in [0.25, 0.3) is 0 Å². The van der Waals surface area contributed by atoms with Gasteiger partial charge < -0.3 is 4.90 Å². The van der Waals surface area contributed by atoms with Crippen molar-refractivity contribution in [2.75, 3.05) is 39.3 Å². The fraction of sp³-hybridized carbons (Fsp3) is 0.522. The SMILES string of the molecule is CCC1c2ccsc2CCN1C(=O)CN1CCN(Cc2ccccc2C)CC1. The summed E-state index contributed by atoms with van der Waals surface area (Å²) in [6.07, 6.45) is 2.01. The van der Waals surface area contributed by atoms with Gasteiger partial charge in [-0.15, -0.1) is 11.3 Å². The van der Waals surface area contributed by atoms with Gasteiger partial charge in [0.2, 0.25) is 5.91 Å². The highest BCUT2D eigenvalue weighted by molar-refractivity contribution is 7.10. The molecular formula is C23H31N3OS. The average Bonchev–Trinajstić information content (AvgIpc) is 3.19. The van der Waals surface area contributed by atoms with Gasteiger partial charge in [-0.05, 0) is 47.9 Å². The molecule has 4 rings (SSSR count). The first-order valence-electron chi connectivity index (χ1n) is 10.5. The third kappa shape index (κ3) is 4.17. The van der Waals surface area contributed by atoms with Crippen LogP contribution >= 0.6 is 11.3 Å². The van der Waals surface area contributed by atoms with Crippen LogP contribution in [0, 0.1) is 6.92 Å². The molecule has 0 N–H and O–H groups in total. The molecule has 2 aliphatic rings. The van der Waals surface area contributed by atoms with E-state index in [9.17, 15) is 4.79 Å². The third-order valence-corrected chi connectivity index (χ3v) is 7.28. The van der Waals surface area contributed by atoms with Crippen molar-refractivity contribution >= 4 is 17.2 Å². The summed E-state index contributed by atoms with van der Waals surface area (Å²) in [6.45, 7) is 10.9. The molecule has 4 nitrogen and oxygen atoms in total. The van der Waals surface area contributed by atoms with Crippen LogP contribution in [0.3, 0.4) is 0 Å². The number of thiophene rings is 1. The van der Waals surface area contributed by atoms with E-state index >= 15 is 0 Å². The molecule has 0 bridgehead atoms. The zero-order chi connectivity index (χ0) is 19.5. The molecule has 2 aliphatic heterocycles. The molecule has 0 radical (unpaired) electrons. The number of rotatable bonds is 5. The molecule has 1 fully saturated rings. The van der Waals surface area contributed by atoms with Crippen LogP contribution < -0.4 is 0 Å². The Balaban J connectivity index is 1.30. The molecule has 1 saturated heterocycles. The molecule has 1 aromatic heterocycles. The summed E-state index contributed by atoms with van der Waals surface area (Å²) in [5.41, 5.74) is 4.16. The molecule has 2 aromatic rings. The first-order chi connectivity index (χ1) is 13.7. The van der Waals surface area contributed by atoms with Crippen molar-refractivity contribution in [2.45, 2.75) is 39.3 Å². The Kier molecular flexibility index (Phi) is 6.14. The fourth-order valence-electron chi connectivity index (χ4n) is 4.55. The van der Waals surface area contributed by atoms with E-state index in [2.05, 4.69) is 64.3 Å². The highest BCUT2D eigenvalue weighted by Crippen LogP contribution is 2.35. The van der Waals surface area contributed by atoms with Gasteiger partial charge in [-0.25, -0.2) is 0 Å². The van der Waals surface area contributed by atoms with Crippen molar-refractivity contribution in [3.63, 3.8) is 0 Å². The minimum atomic E-state index is 0.268. The Bertz CT molecular complexity index is 810. The lowest BCUT2D eigenvalue weighted by atomic mass is 9.97.